The van der Waals surface area contributed by atoms with Crippen LogP contribution in [0.15, 0.2) is 12.7 Å². The predicted octanol–water partition coefficient (Wildman–Crippen LogP) is -0.138. The van der Waals surface area contributed by atoms with E-state index >= 15 is 0 Å². The Hall–Kier alpha value is -1.39. The van der Waals surface area contributed by atoms with E-state index < -0.39 is 34.9 Å². The summed E-state index contributed by atoms with van der Waals surface area (Å²) in [5.74, 6) is 0.212. The van der Waals surface area contributed by atoms with E-state index in [4.69, 9.17) is 24.8 Å². The summed E-state index contributed by atoms with van der Waals surface area (Å²) < 4.78 is 38.6. The second kappa shape index (κ2) is 7.24. The molecule has 1 saturated heterocycles. The number of anilines is 1. The molecule has 132 valence electrons. The molecule has 3 unspecified atom stereocenters. The van der Waals surface area contributed by atoms with E-state index in [1.165, 1.54) is 12.7 Å². The molecule has 0 aromatic carbocycles. The Morgan fingerprint density at radius 1 is 1.33 bits per heavy atom. The van der Waals surface area contributed by atoms with Crippen molar-refractivity contribution in [3.05, 3.63) is 12.7 Å². The van der Waals surface area contributed by atoms with E-state index in [2.05, 4.69) is 19.5 Å². The topological polar surface area (TPSA) is 172 Å². The maximum Gasteiger partial charge on any atom is 0.316 e. The first kappa shape index (κ1) is 17.4. The summed E-state index contributed by atoms with van der Waals surface area (Å²) in [6.07, 6.45) is 0.733. The number of hydrogen-bond acceptors (Lipinski definition) is 9. The minimum atomic E-state index is -3.22. The Morgan fingerprint density at radius 2 is 2.12 bits per heavy atom. The van der Waals surface area contributed by atoms with Crippen molar-refractivity contribution in [1.82, 2.24) is 19.5 Å². The SMILES string of the molecule is Nc1ncnc2c1ncn2[C@H]1CC(O[PH](=O)O)[C@@H](CO[PH](=O)O)O1. The fraction of sp³-hybridized carbons (Fsp3) is 0.500. The monoisotopic (exact) mass is 379 g/mol. The molecule has 2 aromatic rings. The summed E-state index contributed by atoms with van der Waals surface area (Å²) in [4.78, 5) is 29.8. The van der Waals surface area contributed by atoms with Crippen molar-refractivity contribution >= 4 is 33.5 Å². The first-order chi connectivity index (χ1) is 11.5. The van der Waals surface area contributed by atoms with Crippen molar-refractivity contribution in [3.8, 4) is 0 Å². The molecule has 12 nitrogen and oxygen atoms in total. The number of rotatable bonds is 6. The second-order valence-corrected chi connectivity index (χ2v) is 6.53. The highest BCUT2D eigenvalue weighted by Crippen LogP contribution is 2.37. The number of nitrogen functional groups attached to an aromatic ring is 1. The number of nitrogens with zero attached hydrogens (tertiary/aromatic N) is 4. The van der Waals surface area contributed by atoms with Gasteiger partial charge < -0.3 is 29.3 Å². The average molecular weight is 379 g/mol. The zero-order valence-electron chi connectivity index (χ0n) is 12.1. The molecule has 5 atom stereocenters. The molecule has 1 aliphatic rings. The van der Waals surface area contributed by atoms with E-state index in [0.29, 0.717) is 11.2 Å². The fourth-order valence-electron chi connectivity index (χ4n) is 2.51. The molecule has 0 amide bonds. The smallest absolute Gasteiger partial charge is 0.316 e. The highest BCUT2D eigenvalue weighted by atomic mass is 31.1. The van der Waals surface area contributed by atoms with Gasteiger partial charge in [0.1, 0.15) is 24.2 Å². The zero-order valence-corrected chi connectivity index (χ0v) is 14.1. The van der Waals surface area contributed by atoms with Gasteiger partial charge in [0.15, 0.2) is 11.5 Å². The lowest BCUT2D eigenvalue weighted by Gasteiger charge is -2.16. The van der Waals surface area contributed by atoms with Crippen molar-refractivity contribution in [2.45, 2.75) is 24.9 Å². The van der Waals surface area contributed by atoms with Gasteiger partial charge in [0, 0.05) is 6.42 Å². The third-order valence-corrected chi connectivity index (χ3v) is 4.42. The third-order valence-electron chi connectivity index (χ3n) is 3.50. The Balaban J connectivity index is 1.84. The highest BCUT2D eigenvalue weighted by Gasteiger charge is 2.39. The van der Waals surface area contributed by atoms with Crippen LogP contribution < -0.4 is 5.73 Å². The van der Waals surface area contributed by atoms with Gasteiger partial charge in [-0.15, -0.1) is 0 Å². The van der Waals surface area contributed by atoms with Gasteiger partial charge in [-0.3, -0.25) is 13.7 Å². The van der Waals surface area contributed by atoms with Gasteiger partial charge in [0.2, 0.25) is 0 Å². The normalized spacial score (nSPS) is 26.7. The largest absolute Gasteiger partial charge is 0.382 e. The minimum Gasteiger partial charge on any atom is -0.382 e. The van der Waals surface area contributed by atoms with Crippen LogP contribution in [0.3, 0.4) is 0 Å². The van der Waals surface area contributed by atoms with Crippen molar-refractivity contribution < 1.29 is 32.7 Å². The number of imidazole rings is 1. The molecule has 0 saturated carbocycles. The lowest BCUT2D eigenvalue weighted by Crippen LogP contribution is -2.26. The van der Waals surface area contributed by atoms with Crippen LogP contribution in [0.1, 0.15) is 12.6 Å². The number of fused-ring (bicyclic) bond motifs is 1. The maximum absolute atomic E-state index is 11.0. The fourth-order valence-corrected chi connectivity index (χ4v) is 3.32. The first-order valence-corrected chi connectivity index (χ1v) is 9.32. The van der Waals surface area contributed by atoms with Crippen LogP contribution >= 0.6 is 16.5 Å². The van der Waals surface area contributed by atoms with Crippen LogP contribution in [0.4, 0.5) is 5.82 Å². The summed E-state index contributed by atoms with van der Waals surface area (Å²) in [5, 5.41) is 0. The predicted molar refractivity (Wildman–Crippen MR) is 81.5 cm³/mol. The Kier molecular flexibility index (Phi) is 5.26. The van der Waals surface area contributed by atoms with Gasteiger partial charge >= 0.3 is 16.5 Å². The molecule has 0 aliphatic carbocycles. The summed E-state index contributed by atoms with van der Waals surface area (Å²) in [5.41, 5.74) is 6.56. The average Bonchev–Trinajstić information content (AvgIpc) is 3.09. The van der Waals surface area contributed by atoms with E-state index in [1.807, 2.05) is 0 Å². The molecule has 3 rings (SSSR count). The molecule has 0 bridgehead atoms. The van der Waals surface area contributed by atoms with E-state index in [-0.39, 0.29) is 18.8 Å². The summed E-state index contributed by atoms with van der Waals surface area (Å²) in [6.45, 7) is -0.256. The van der Waals surface area contributed by atoms with Crippen LogP contribution in [0.5, 0.6) is 0 Å². The lowest BCUT2D eigenvalue weighted by molar-refractivity contribution is -0.0347. The van der Waals surface area contributed by atoms with Gasteiger partial charge in [0.05, 0.1) is 19.0 Å². The Morgan fingerprint density at radius 3 is 2.83 bits per heavy atom. The van der Waals surface area contributed by atoms with Crippen LogP contribution in [0, 0.1) is 0 Å². The van der Waals surface area contributed by atoms with Gasteiger partial charge in [-0.05, 0) is 0 Å². The van der Waals surface area contributed by atoms with Gasteiger partial charge in [-0.1, -0.05) is 0 Å². The molecule has 24 heavy (non-hydrogen) atoms. The van der Waals surface area contributed by atoms with Crippen LogP contribution in [0.2, 0.25) is 0 Å². The standard InChI is InChI=1S/C10H15N5O7P2/c11-9-8-10(13-3-12-9)15(4-14-8)7-1-5(22-24(18)19)6(21-7)2-20-23(16)17/h3-7,23-24H,1-2H2,(H,16,17)(H,18,19)(H2,11,12,13)/t5?,6-,7-/m1/s1. The van der Waals surface area contributed by atoms with Gasteiger partial charge in [-0.25, -0.2) is 15.0 Å². The number of aromatic nitrogens is 4. The zero-order chi connectivity index (χ0) is 17.3. The van der Waals surface area contributed by atoms with Crippen molar-refractivity contribution in [2.75, 3.05) is 12.3 Å². The molecule has 14 heteroatoms. The molecule has 0 spiro atoms. The molecule has 4 N–H and O–H groups in total. The number of ether oxygens (including phenoxy) is 1. The molecule has 2 aromatic heterocycles. The Bertz CT molecular complexity index is 786. The van der Waals surface area contributed by atoms with Crippen LogP contribution in [-0.4, -0.2) is 48.1 Å². The minimum absolute atomic E-state index is 0.201. The maximum atomic E-state index is 11.0. The third kappa shape index (κ3) is 3.65. The highest BCUT2D eigenvalue weighted by molar-refractivity contribution is 7.32. The van der Waals surface area contributed by atoms with Gasteiger partial charge in [0.25, 0.3) is 0 Å². The Labute approximate surface area is 136 Å². The second-order valence-electron chi connectivity index (χ2n) is 4.95. The summed E-state index contributed by atoms with van der Waals surface area (Å²) >= 11 is 0. The molecular formula is C10H15N5O7P2. The van der Waals surface area contributed by atoms with E-state index in [9.17, 15) is 9.13 Å². The van der Waals surface area contributed by atoms with Crippen molar-refractivity contribution in [1.29, 1.82) is 0 Å². The molecule has 1 fully saturated rings. The van der Waals surface area contributed by atoms with Crippen molar-refractivity contribution in [3.63, 3.8) is 0 Å². The van der Waals surface area contributed by atoms with Gasteiger partial charge in [-0.2, -0.15) is 0 Å². The number of hydrogen-bond donors (Lipinski definition) is 3. The summed E-state index contributed by atoms with van der Waals surface area (Å²) in [6, 6.07) is 0. The lowest BCUT2D eigenvalue weighted by atomic mass is 10.2. The molecule has 1 aliphatic heterocycles. The van der Waals surface area contributed by atoms with Crippen LogP contribution in [-0.2, 0) is 22.9 Å². The first-order valence-electron chi connectivity index (χ1n) is 6.79. The number of nitrogens with two attached hydrogens (primary N) is 1. The quantitative estimate of drug-likeness (QED) is 0.570. The van der Waals surface area contributed by atoms with Crippen molar-refractivity contribution in [2.24, 2.45) is 0 Å². The van der Waals surface area contributed by atoms with E-state index in [1.54, 1.807) is 4.57 Å². The van der Waals surface area contributed by atoms with Crippen LogP contribution in [0.25, 0.3) is 11.2 Å². The molecule has 0 radical (unpaired) electrons. The van der Waals surface area contributed by atoms with E-state index in [0.717, 1.165) is 0 Å². The molecular weight excluding hydrogens is 364 g/mol. The summed E-state index contributed by atoms with van der Waals surface area (Å²) in [7, 11) is -6.37. The molecule has 3 heterocycles.